The monoisotopic (exact) mass is 579 g/mol. The molecule has 0 saturated carbocycles. The fourth-order valence-corrected chi connectivity index (χ4v) is 6.29. The Labute approximate surface area is 221 Å². The molecule has 1 aliphatic heterocycles. The Morgan fingerprint density at radius 3 is 2.13 bits per heavy atom. The molecule has 1 aromatic heterocycles. The second kappa shape index (κ2) is 10.1. The van der Waals surface area contributed by atoms with Gasteiger partial charge < -0.3 is 4.57 Å². The smallest absolute Gasteiger partial charge is 0.347 e. The number of alkyl halides is 6. The lowest BCUT2D eigenvalue weighted by atomic mass is 9.95. The summed E-state index contributed by atoms with van der Waals surface area (Å²) < 4.78 is 129. The van der Waals surface area contributed by atoms with Crippen LogP contribution < -0.4 is 4.72 Å². The zero-order chi connectivity index (χ0) is 29.0. The first kappa shape index (κ1) is 29.3. The molecule has 39 heavy (non-hydrogen) atoms. The number of rotatable bonds is 6. The van der Waals surface area contributed by atoms with Gasteiger partial charge in [-0.25, -0.2) is 4.39 Å². The molecule has 1 aliphatic rings. The van der Waals surface area contributed by atoms with E-state index >= 15 is 4.39 Å². The molecule has 0 amide bonds. The van der Waals surface area contributed by atoms with Crippen molar-refractivity contribution in [3.05, 3.63) is 59.5 Å². The predicted molar refractivity (Wildman–Crippen MR) is 133 cm³/mol. The molecule has 0 bridgehead atoms. The molecular formula is C26H28F7N3O2S. The first-order chi connectivity index (χ1) is 17.9. The summed E-state index contributed by atoms with van der Waals surface area (Å²) in [4.78, 5) is 0. The Morgan fingerprint density at radius 2 is 1.56 bits per heavy atom. The van der Waals surface area contributed by atoms with Crippen LogP contribution in [-0.2, 0) is 22.9 Å². The van der Waals surface area contributed by atoms with Crippen LogP contribution in [-0.4, -0.2) is 36.6 Å². The van der Waals surface area contributed by atoms with Crippen molar-refractivity contribution in [2.75, 3.05) is 13.1 Å². The van der Waals surface area contributed by atoms with Gasteiger partial charge >= 0.3 is 12.4 Å². The molecule has 1 fully saturated rings. The zero-order valence-electron chi connectivity index (χ0n) is 21.4. The highest BCUT2D eigenvalue weighted by Crippen LogP contribution is 2.43. The number of hydrogen-bond donors (Lipinski definition) is 1. The zero-order valence-corrected chi connectivity index (χ0v) is 22.2. The minimum Gasteiger partial charge on any atom is -0.347 e. The Balaban J connectivity index is 1.94. The molecular weight excluding hydrogens is 551 g/mol. The van der Waals surface area contributed by atoms with Gasteiger partial charge in [-0.15, -0.1) is 0 Å². The summed E-state index contributed by atoms with van der Waals surface area (Å²) in [6.07, 6.45) is -7.78. The second-order valence-corrected chi connectivity index (χ2v) is 12.6. The summed E-state index contributed by atoms with van der Waals surface area (Å²) >= 11 is 0. The van der Waals surface area contributed by atoms with Crippen LogP contribution in [0.3, 0.4) is 0 Å². The van der Waals surface area contributed by atoms with Gasteiger partial charge in [0.25, 0.3) is 10.2 Å². The minimum absolute atomic E-state index is 0.0444. The van der Waals surface area contributed by atoms with E-state index in [1.165, 1.54) is 10.6 Å². The average molecular weight is 580 g/mol. The molecule has 0 radical (unpaired) electrons. The van der Waals surface area contributed by atoms with Crippen molar-refractivity contribution in [1.82, 2.24) is 13.6 Å². The van der Waals surface area contributed by atoms with Crippen molar-refractivity contribution >= 4 is 21.1 Å². The minimum atomic E-state index is -5.09. The van der Waals surface area contributed by atoms with Crippen LogP contribution >= 0.6 is 0 Å². The summed E-state index contributed by atoms with van der Waals surface area (Å²) in [7, 11) is -4.53. The average Bonchev–Trinajstić information content (AvgIpc) is 3.44. The van der Waals surface area contributed by atoms with E-state index in [9.17, 15) is 34.8 Å². The number of nitrogens with one attached hydrogen (secondary N) is 1. The van der Waals surface area contributed by atoms with Gasteiger partial charge in [0.1, 0.15) is 11.9 Å². The third-order valence-corrected chi connectivity index (χ3v) is 8.06. The standard InChI is InChI=1S/C26H28F7N3O2S/c1-24(2,3)15-35-14-19(23(26(31,32)33)34-39(37,38)36-10-6-7-11-36)18-12-21(27)17(13-22(18)35)16-8-4-5-9-20(16)25(28,29)30/h4-5,8-9,12-14,23,34H,6-7,10-11,15H2,1-3H3. The van der Waals surface area contributed by atoms with Crippen LogP contribution in [0.4, 0.5) is 30.7 Å². The normalized spacial score (nSPS) is 16.8. The summed E-state index contributed by atoms with van der Waals surface area (Å²) in [5, 5.41) is -0.253. The SMILES string of the molecule is CC(C)(C)Cn1cc(C(NS(=O)(=O)N2CCCC2)C(F)(F)F)c2cc(F)c(-c3ccccc3C(F)(F)F)cc21. The number of aromatic nitrogens is 1. The van der Waals surface area contributed by atoms with Crippen LogP contribution in [0.5, 0.6) is 0 Å². The third-order valence-electron chi connectivity index (χ3n) is 6.48. The van der Waals surface area contributed by atoms with Crippen molar-refractivity contribution in [2.45, 2.75) is 58.6 Å². The van der Waals surface area contributed by atoms with Gasteiger partial charge in [0.05, 0.1) is 5.56 Å². The lowest BCUT2D eigenvalue weighted by Gasteiger charge is -2.25. The summed E-state index contributed by atoms with van der Waals surface area (Å²) in [6, 6.07) is 3.48. The van der Waals surface area contributed by atoms with Crippen molar-refractivity contribution in [2.24, 2.45) is 5.41 Å². The predicted octanol–water partition coefficient (Wildman–Crippen LogP) is 7.05. The maximum absolute atomic E-state index is 15.4. The molecule has 1 atom stereocenters. The highest BCUT2D eigenvalue weighted by atomic mass is 32.2. The molecule has 5 nitrogen and oxygen atoms in total. The summed E-state index contributed by atoms with van der Waals surface area (Å²) in [5.41, 5.74) is -2.98. The van der Waals surface area contributed by atoms with E-state index in [4.69, 9.17) is 0 Å². The molecule has 1 unspecified atom stereocenters. The van der Waals surface area contributed by atoms with Crippen LogP contribution in [0, 0.1) is 11.2 Å². The molecule has 1 saturated heterocycles. The van der Waals surface area contributed by atoms with E-state index in [2.05, 4.69) is 0 Å². The van der Waals surface area contributed by atoms with Crippen LogP contribution in [0.15, 0.2) is 42.6 Å². The number of fused-ring (bicyclic) bond motifs is 1. The van der Waals surface area contributed by atoms with Crippen LogP contribution in [0.25, 0.3) is 22.0 Å². The lowest BCUT2D eigenvalue weighted by molar-refractivity contribution is -0.153. The highest BCUT2D eigenvalue weighted by Gasteiger charge is 2.46. The van der Waals surface area contributed by atoms with E-state index in [0.717, 1.165) is 40.8 Å². The maximum atomic E-state index is 15.4. The van der Waals surface area contributed by atoms with Gasteiger partial charge in [0.15, 0.2) is 0 Å². The number of hydrogen-bond acceptors (Lipinski definition) is 2. The van der Waals surface area contributed by atoms with Crippen molar-refractivity contribution in [3.8, 4) is 11.1 Å². The van der Waals surface area contributed by atoms with E-state index in [0.29, 0.717) is 12.8 Å². The molecule has 4 rings (SSSR count). The quantitative estimate of drug-likeness (QED) is 0.319. The molecule has 0 aliphatic carbocycles. The number of benzene rings is 2. The molecule has 214 valence electrons. The molecule has 2 heterocycles. The Hall–Kier alpha value is -2.64. The molecule has 3 aromatic rings. The van der Waals surface area contributed by atoms with E-state index in [-0.39, 0.29) is 30.5 Å². The summed E-state index contributed by atoms with van der Waals surface area (Å²) in [5.74, 6) is -1.17. The fraction of sp³-hybridized carbons (Fsp3) is 0.462. The van der Waals surface area contributed by atoms with Crippen LogP contribution in [0.1, 0.15) is 50.8 Å². The van der Waals surface area contributed by atoms with Gasteiger partial charge in [0, 0.05) is 47.9 Å². The first-order valence-corrected chi connectivity index (χ1v) is 13.7. The largest absolute Gasteiger partial charge is 0.417 e. The van der Waals surface area contributed by atoms with Gasteiger partial charge in [-0.3, -0.25) is 0 Å². The van der Waals surface area contributed by atoms with Gasteiger partial charge in [-0.05, 0) is 42.0 Å². The van der Waals surface area contributed by atoms with Crippen LogP contribution in [0.2, 0.25) is 0 Å². The maximum Gasteiger partial charge on any atom is 0.417 e. The number of halogens is 7. The first-order valence-electron chi connectivity index (χ1n) is 12.2. The highest BCUT2D eigenvalue weighted by molar-refractivity contribution is 7.87. The van der Waals surface area contributed by atoms with E-state index in [1.54, 1.807) is 25.5 Å². The van der Waals surface area contributed by atoms with E-state index in [1.807, 2.05) is 0 Å². The molecule has 2 aromatic carbocycles. The fourth-order valence-electron chi connectivity index (χ4n) is 4.84. The van der Waals surface area contributed by atoms with Gasteiger partial charge in [-0.2, -0.15) is 43.8 Å². The molecule has 13 heteroatoms. The second-order valence-electron chi connectivity index (χ2n) is 10.9. The lowest BCUT2D eigenvalue weighted by Crippen LogP contribution is -2.45. The topological polar surface area (TPSA) is 54.3 Å². The molecule has 1 N–H and O–H groups in total. The third kappa shape index (κ3) is 6.25. The molecule has 0 spiro atoms. The Kier molecular flexibility index (Phi) is 7.58. The van der Waals surface area contributed by atoms with Gasteiger partial charge in [0.2, 0.25) is 0 Å². The Bertz CT molecular complexity index is 1470. The number of nitrogens with zero attached hydrogens (tertiary/aromatic N) is 2. The van der Waals surface area contributed by atoms with Gasteiger partial charge in [-0.1, -0.05) is 39.0 Å². The van der Waals surface area contributed by atoms with Crippen molar-refractivity contribution in [1.29, 1.82) is 0 Å². The Morgan fingerprint density at radius 1 is 0.949 bits per heavy atom. The van der Waals surface area contributed by atoms with E-state index < -0.39 is 62.1 Å². The van der Waals surface area contributed by atoms with Crippen molar-refractivity contribution < 1.29 is 39.2 Å². The summed E-state index contributed by atoms with van der Waals surface area (Å²) in [6.45, 7) is 5.68. The van der Waals surface area contributed by atoms with Crippen molar-refractivity contribution in [3.63, 3.8) is 0 Å².